The van der Waals surface area contributed by atoms with Crippen LogP contribution in [0.15, 0.2) is 23.6 Å². The van der Waals surface area contributed by atoms with Gasteiger partial charge in [-0.2, -0.15) is 0 Å². The smallest absolute Gasteiger partial charge is 0.305 e. The molecule has 0 atom stereocenters. The van der Waals surface area contributed by atoms with Crippen LogP contribution in [0.3, 0.4) is 0 Å². The van der Waals surface area contributed by atoms with Gasteiger partial charge in [0, 0.05) is 17.9 Å². The van der Waals surface area contributed by atoms with Gasteiger partial charge in [0.05, 0.1) is 24.9 Å². The van der Waals surface area contributed by atoms with Crippen LogP contribution in [0, 0.1) is 11.6 Å². The van der Waals surface area contributed by atoms with Crippen LogP contribution >= 0.6 is 11.3 Å². The van der Waals surface area contributed by atoms with E-state index in [4.69, 9.17) is 0 Å². The van der Waals surface area contributed by atoms with Crippen molar-refractivity contribution >= 4 is 28.1 Å². The van der Waals surface area contributed by atoms with Gasteiger partial charge in [0.15, 0.2) is 5.13 Å². The van der Waals surface area contributed by atoms with E-state index >= 15 is 0 Å². The van der Waals surface area contributed by atoms with Crippen LogP contribution in [0.25, 0.3) is 0 Å². The first-order valence-electron chi connectivity index (χ1n) is 5.82. The molecule has 1 aromatic heterocycles. The number of benzene rings is 1. The number of anilines is 2. The maximum absolute atomic E-state index is 13.4. The molecule has 1 aromatic carbocycles. The minimum atomic E-state index is -0.558. The number of nitrogens with one attached hydrogen (secondary N) is 1. The maximum atomic E-state index is 13.4. The Kier molecular flexibility index (Phi) is 4.62. The number of hydrogen-bond acceptors (Lipinski definition) is 5. The molecule has 2 rings (SSSR count). The number of esters is 1. The van der Waals surface area contributed by atoms with E-state index in [1.54, 1.807) is 5.38 Å². The summed E-state index contributed by atoms with van der Waals surface area (Å²) in [7, 11) is 1.32. The van der Waals surface area contributed by atoms with E-state index in [-0.39, 0.29) is 18.1 Å². The van der Waals surface area contributed by atoms with Gasteiger partial charge < -0.3 is 10.1 Å². The molecule has 0 fully saturated rings. The number of carbonyl (C=O) groups is 1. The third kappa shape index (κ3) is 3.74. The summed E-state index contributed by atoms with van der Waals surface area (Å²) in [5.74, 6) is -1.40. The predicted octanol–water partition coefficient (Wildman–Crippen LogP) is 3.27. The van der Waals surface area contributed by atoms with Crippen LogP contribution in [0.5, 0.6) is 0 Å². The largest absolute Gasteiger partial charge is 0.469 e. The fourth-order valence-corrected chi connectivity index (χ4v) is 2.28. The van der Waals surface area contributed by atoms with Crippen molar-refractivity contribution in [3.05, 3.63) is 40.9 Å². The van der Waals surface area contributed by atoms with Crippen LogP contribution in [0.2, 0.25) is 0 Å². The average Bonchev–Trinajstić information content (AvgIpc) is 2.88. The van der Waals surface area contributed by atoms with Gasteiger partial charge in [-0.25, -0.2) is 13.8 Å². The molecule has 0 amide bonds. The van der Waals surface area contributed by atoms with Crippen molar-refractivity contribution in [1.29, 1.82) is 0 Å². The molecule has 20 heavy (non-hydrogen) atoms. The monoisotopic (exact) mass is 298 g/mol. The molecule has 0 saturated carbocycles. The van der Waals surface area contributed by atoms with Crippen molar-refractivity contribution in [2.45, 2.75) is 12.8 Å². The topological polar surface area (TPSA) is 51.2 Å². The highest BCUT2D eigenvalue weighted by Gasteiger charge is 2.08. The Morgan fingerprint density at radius 3 is 3.00 bits per heavy atom. The molecule has 0 aliphatic heterocycles. The number of halogens is 2. The molecule has 106 valence electrons. The van der Waals surface area contributed by atoms with Crippen molar-refractivity contribution in [1.82, 2.24) is 4.98 Å². The minimum Gasteiger partial charge on any atom is -0.469 e. The predicted molar refractivity (Wildman–Crippen MR) is 72.1 cm³/mol. The summed E-state index contributed by atoms with van der Waals surface area (Å²) in [6.45, 7) is 0. The lowest BCUT2D eigenvalue weighted by Crippen LogP contribution is -2.02. The van der Waals surface area contributed by atoms with Crippen molar-refractivity contribution in [3.8, 4) is 0 Å². The zero-order valence-corrected chi connectivity index (χ0v) is 11.5. The fraction of sp³-hybridized carbons (Fsp3) is 0.231. The quantitative estimate of drug-likeness (QED) is 0.861. The second-order valence-electron chi connectivity index (χ2n) is 3.97. The normalized spacial score (nSPS) is 10.3. The molecule has 1 heterocycles. The molecule has 0 saturated heterocycles. The number of aryl methyl sites for hydroxylation is 1. The third-order valence-electron chi connectivity index (χ3n) is 2.53. The van der Waals surface area contributed by atoms with E-state index in [1.165, 1.54) is 18.4 Å². The Morgan fingerprint density at radius 1 is 1.45 bits per heavy atom. The Bertz CT molecular complexity index is 616. The molecule has 0 aliphatic rings. The molecule has 2 aromatic rings. The van der Waals surface area contributed by atoms with Gasteiger partial charge in [0.1, 0.15) is 11.6 Å². The molecule has 0 bridgehead atoms. The van der Waals surface area contributed by atoms with Gasteiger partial charge >= 0.3 is 5.97 Å². The van der Waals surface area contributed by atoms with Gasteiger partial charge in [-0.1, -0.05) is 0 Å². The molecule has 7 heteroatoms. The molecular formula is C13H12F2N2O2S. The van der Waals surface area contributed by atoms with Crippen LogP contribution in [-0.2, 0) is 16.0 Å². The molecule has 0 aliphatic carbocycles. The highest BCUT2D eigenvalue weighted by atomic mass is 32.1. The van der Waals surface area contributed by atoms with E-state index in [0.29, 0.717) is 17.2 Å². The zero-order valence-electron chi connectivity index (χ0n) is 10.7. The van der Waals surface area contributed by atoms with Crippen molar-refractivity contribution in [2.75, 3.05) is 12.4 Å². The summed E-state index contributed by atoms with van der Waals surface area (Å²) in [5.41, 5.74) is 0.721. The Hall–Kier alpha value is -2.02. The van der Waals surface area contributed by atoms with Crippen LogP contribution < -0.4 is 5.32 Å². The van der Waals surface area contributed by atoms with Crippen LogP contribution in [0.1, 0.15) is 12.1 Å². The first-order chi connectivity index (χ1) is 9.58. The van der Waals surface area contributed by atoms with Gasteiger partial charge in [0.2, 0.25) is 0 Å². The van der Waals surface area contributed by atoms with Gasteiger partial charge in [-0.3, -0.25) is 4.79 Å². The Morgan fingerprint density at radius 2 is 2.25 bits per heavy atom. The van der Waals surface area contributed by atoms with E-state index in [1.807, 2.05) is 0 Å². The molecule has 0 unspecified atom stereocenters. The summed E-state index contributed by atoms with van der Waals surface area (Å²) in [4.78, 5) is 15.2. The van der Waals surface area contributed by atoms with E-state index < -0.39 is 11.6 Å². The second kappa shape index (κ2) is 6.42. The standard InChI is InChI=1S/C13H12F2N2O2S/c1-19-12(18)5-3-9-7-20-13(16-9)17-11-6-8(14)2-4-10(11)15/h2,4,6-7H,3,5H2,1H3,(H,16,17). The van der Waals surface area contributed by atoms with E-state index in [9.17, 15) is 13.6 Å². The summed E-state index contributed by atoms with van der Waals surface area (Å²) < 4.78 is 31.0. The lowest BCUT2D eigenvalue weighted by Gasteiger charge is -2.03. The number of aromatic nitrogens is 1. The highest BCUT2D eigenvalue weighted by Crippen LogP contribution is 2.24. The SMILES string of the molecule is COC(=O)CCc1csc(Nc2cc(F)ccc2F)n1. The Labute approximate surface area is 118 Å². The van der Waals surface area contributed by atoms with Crippen LogP contribution in [0.4, 0.5) is 19.6 Å². The van der Waals surface area contributed by atoms with Gasteiger partial charge in [0.25, 0.3) is 0 Å². The first-order valence-corrected chi connectivity index (χ1v) is 6.69. The Balaban J connectivity index is 2.02. The molecule has 4 nitrogen and oxygen atoms in total. The zero-order chi connectivity index (χ0) is 14.5. The van der Waals surface area contributed by atoms with Crippen LogP contribution in [-0.4, -0.2) is 18.1 Å². The fourth-order valence-electron chi connectivity index (χ4n) is 1.52. The molecule has 0 spiro atoms. The van der Waals surface area contributed by atoms with Crippen molar-refractivity contribution < 1.29 is 18.3 Å². The first kappa shape index (κ1) is 14.4. The van der Waals surface area contributed by atoms with Crippen molar-refractivity contribution in [2.24, 2.45) is 0 Å². The summed E-state index contributed by atoms with van der Waals surface area (Å²) >= 11 is 1.25. The third-order valence-corrected chi connectivity index (χ3v) is 3.34. The number of ether oxygens (including phenoxy) is 1. The molecular weight excluding hydrogens is 286 g/mol. The highest BCUT2D eigenvalue weighted by molar-refractivity contribution is 7.13. The average molecular weight is 298 g/mol. The summed E-state index contributed by atoms with van der Waals surface area (Å²) in [5, 5.41) is 4.90. The van der Waals surface area contributed by atoms with Crippen molar-refractivity contribution in [3.63, 3.8) is 0 Å². The number of thiazole rings is 1. The van der Waals surface area contributed by atoms with E-state index in [0.717, 1.165) is 18.2 Å². The number of nitrogens with zero attached hydrogens (tertiary/aromatic N) is 1. The van der Waals surface area contributed by atoms with E-state index in [2.05, 4.69) is 15.0 Å². The maximum Gasteiger partial charge on any atom is 0.305 e. The lowest BCUT2D eigenvalue weighted by molar-refractivity contribution is -0.140. The molecule has 0 radical (unpaired) electrons. The number of carbonyl (C=O) groups excluding carboxylic acids is 1. The van der Waals surface area contributed by atoms with Gasteiger partial charge in [-0.15, -0.1) is 11.3 Å². The number of hydrogen-bond donors (Lipinski definition) is 1. The number of methoxy groups -OCH3 is 1. The lowest BCUT2D eigenvalue weighted by atomic mass is 10.2. The summed E-state index contributed by atoms with van der Waals surface area (Å²) in [6, 6.07) is 3.15. The minimum absolute atomic E-state index is 0.0267. The second-order valence-corrected chi connectivity index (χ2v) is 4.83. The van der Waals surface area contributed by atoms with Gasteiger partial charge in [-0.05, 0) is 12.1 Å². The summed E-state index contributed by atoms with van der Waals surface area (Å²) in [6.07, 6.45) is 0.671. The number of rotatable bonds is 5. The molecule has 1 N–H and O–H groups in total.